The number of hydrogen-bond acceptors (Lipinski definition) is 1. The van der Waals surface area contributed by atoms with E-state index >= 15 is 0 Å². The van der Waals surface area contributed by atoms with Crippen LogP contribution in [-0.2, 0) is 5.41 Å². The van der Waals surface area contributed by atoms with Crippen LogP contribution in [0.25, 0.3) is 55.0 Å². The number of para-hydroxylation sites is 1. The Balaban J connectivity index is 1.60. The lowest BCUT2D eigenvalue weighted by Gasteiger charge is -2.22. The Morgan fingerprint density at radius 1 is 0.636 bits per heavy atom. The van der Waals surface area contributed by atoms with Crippen LogP contribution in [0.5, 0.6) is 0 Å². The average Bonchev–Trinajstić information content (AvgIpc) is 3.31. The monoisotopic (exact) mass is 536 g/mol. The lowest BCUT2D eigenvalue weighted by atomic mass is 9.81. The van der Waals surface area contributed by atoms with Gasteiger partial charge in [-0.05, 0) is 79.4 Å². The highest BCUT2D eigenvalue weighted by Crippen LogP contribution is 2.50. The number of fused-ring (bicyclic) bond motifs is 7. The number of halogens is 1. The van der Waals surface area contributed by atoms with E-state index in [1.807, 2.05) is 0 Å². The fourth-order valence-corrected chi connectivity index (χ4v) is 6.32. The van der Waals surface area contributed by atoms with Crippen LogP contribution in [0.4, 0.5) is 0 Å². The molecule has 1 aliphatic rings. The first-order valence-corrected chi connectivity index (χ1v) is 12.4. The maximum Gasteiger partial charge on any atom is 0.148 e. The molecule has 158 valence electrons. The molecule has 0 aliphatic heterocycles. The van der Waals surface area contributed by atoms with Crippen molar-refractivity contribution in [1.29, 1.82) is 0 Å². The van der Waals surface area contributed by atoms with Gasteiger partial charge in [0.1, 0.15) is 11.2 Å². The van der Waals surface area contributed by atoms with Crippen LogP contribution in [0.2, 0.25) is 0 Å². The van der Waals surface area contributed by atoms with Gasteiger partial charge in [0.25, 0.3) is 0 Å². The van der Waals surface area contributed by atoms with E-state index in [1.165, 1.54) is 54.9 Å². The van der Waals surface area contributed by atoms with Gasteiger partial charge < -0.3 is 4.42 Å². The van der Waals surface area contributed by atoms with Crippen molar-refractivity contribution in [2.75, 3.05) is 0 Å². The summed E-state index contributed by atoms with van der Waals surface area (Å²) >= 11 is 2.37. The van der Waals surface area contributed by atoms with Crippen molar-refractivity contribution in [2.45, 2.75) is 19.3 Å². The van der Waals surface area contributed by atoms with Gasteiger partial charge in [-0.1, -0.05) is 86.6 Å². The predicted molar refractivity (Wildman–Crippen MR) is 147 cm³/mol. The van der Waals surface area contributed by atoms with Gasteiger partial charge in [-0.3, -0.25) is 0 Å². The summed E-state index contributed by atoms with van der Waals surface area (Å²) in [6, 6.07) is 33.1. The SMILES string of the molecule is CC1(C)c2ccccc2-c2ccc(-c3c4ccccc4cc4c3oc3c(I)cccc34)cc21. The van der Waals surface area contributed by atoms with Crippen LogP contribution in [0.1, 0.15) is 25.0 Å². The minimum Gasteiger partial charge on any atom is -0.454 e. The molecule has 1 aromatic heterocycles. The Morgan fingerprint density at radius 3 is 2.30 bits per heavy atom. The largest absolute Gasteiger partial charge is 0.454 e. The van der Waals surface area contributed by atoms with Crippen LogP contribution in [0, 0.1) is 3.57 Å². The third-order valence-corrected chi connectivity index (χ3v) is 8.18. The molecule has 2 heteroatoms. The molecular formula is C31H21IO. The summed E-state index contributed by atoms with van der Waals surface area (Å²) in [5.74, 6) is 0. The van der Waals surface area contributed by atoms with Crippen molar-refractivity contribution in [3.8, 4) is 22.3 Å². The summed E-state index contributed by atoms with van der Waals surface area (Å²) in [7, 11) is 0. The summed E-state index contributed by atoms with van der Waals surface area (Å²) in [6.07, 6.45) is 0. The molecule has 7 rings (SSSR count). The van der Waals surface area contributed by atoms with E-state index in [1.54, 1.807) is 0 Å². The first kappa shape index (κ1) is 19.4. The fraction of sp³-hybridized carbons (Fsp3) is 0.0968. The maximum absolute atomic E-state index is 6.60. The second kappa shape index (κ2) is 6.71. The molecule has 0 saturated carbocycles. The van der Waals surface area contributed by atoms with Crippen molar-refractivity contribution in [2.24, 2.45) is 0 Å². The van der Waals surface area contributed by atoms with Crippen LogP contribution < -0.4 is 0 Å². The molecule has 0 atom stereocenters. The average molecular weight is 536 g/mol. The highest BCUT2D eigenvalue weighted by atomic mass is 127. The van der Waals surface area contributed by atoms with E-state index in [4.69, 9.17) is 4.42 Å². The van der Waals surface area contributed by atoms with Crippen LogP contribution >= 0.6 is 22.6 Å². The molecule has 0 radical (unpaired) electrons. The van der Waals surface area contributed by atoms with E-state index in [2.05, 4.69) is 127 Å². The third-order valence-electron chi connectivity index (χ3n) is 7.34. The molecule has 5 aromatic carbocycles. The normalized spacial score (nSPS) is 14.2. The zero-order chi connectivity index (χ0) is 22.3. The molecule has 0 bridgehead atoms. The van der Waals surface area contributed by atoms with Crippen LogP contribution in [-0.4, -0.2) is 0 Å². The molecule has 0 spiro atoms. The van der Waals surface area contributed by atoms with Gasteiger partial charge in [0.2, 0.25) is 0 Å². The van der Waals surface area contributed by atoms with Crippen molar-refractivity contribution in [3.63, 3.8) is 0 Å². The summed E-state index contributed by atoms with van der Waals surface area (Å²) in [5.41, 5.74) is 9.79. The van der Waals surface area contributed by atoms with Crippen LogP contribution in [0.3, 0.4) is 0 Å². The zero-order valence-corrected chi connectivity index (χ0v) is 20.6. The number of benzene rings is 5. The Labute approximate surface area is 206 Å². The van der Waals surface area contributed by atoms with E-state index < -0.39 is 0 Å². The Morgan fingerprint density at radius 2 is 1.39 bits per heavy atom. The Kier molecular flexibility index (Phi) is 3.94. The quantitative estimate of drug-likeness (QED) is 0.191. The second-order valence-corrected chi connectivity index (χ2v) is 10.7. The van der Waals surface area contributed by atoms with Crippen molar-refractivity contribution in [1.82, 2.24) is 0 Å². The summed E-state index contributed by atoms with van der Waals surface area (Å²) in [4.78, 5) is 0. The van der Waals surface area contributed by atoms with Crippen LogP contribution in [0.15, 0.2) is 95.4 Å². The van der Waals surface area contributed by atoms with E-state index in [9.17, 15) is 0 Å². The second-order valence-electron chi connectivity index (χ2n) is 9.50. The van der Waals surface area contributed by atoms with Gasteiger partial charge in [0, 0.05) is 21.8 Å². The van der Waals surface area contributed by atoms with Crippen molar-refractivity contribution in [3.05, 3.63) is 106 Å². The van der Waals surface area contributed by atoms with E-state index in [0.717, 1.165) is 14.7 Å². The van der Waals surface area contributed by atoms with Gasteiger partial charge in [0.05, 0.1) is 3.57 Å². The zero-order valence-electron chi connectivity index (χ0n) is 18.4. The van der Waals surface area contributed by atoms with E-state index in [0.29, 0.717) is 0 Å². The first-order valence-electron chi connectivity index (χ1n) is 11.3. The lowest BCUT2D eigenvalue weighted by Crippen LogP contribution is -2.14. The summed E-state index contributed by atoms with van der Waals surface area (Å²) in [5, 5.41) is 4.83. The Hall–Kier alpha value is -3.11. The molecule has 0 amide bonds. The van der Waals surface area contributed by atoms with Gasteiger partial charge in [0.15, 0.2) is 0 Å². The Bertz CT molecular complexity index is 1750. The van der Waals surface area contributed by atoms with Gasteiger partial charge in [-0.2, -0.15) is 0 Å². The molecule has 6 aromatic rings. The predicted octanol–water partition coefficient (Wildman–Crippen LogP) is 9.32. The molecule has 0 unspecified atom stereocenters. The smallest absolute Gasteiger partial charge is 0.148 e. The van der Waals surface area contributed by atoms with Gasteiger partial charge in [-0.25, -0.2) is 0 Å². The lowest BCUT2D eigenvalue weighted by molar-refractivity contribution is 0.660. The standard InChI is InChI=1S/C31H21IO/c1-31(2)25-12-6-5-10-21(25)22-15-14-19(17-26(22)31)28-20-9-4-3-8-18(20)16-24-23-11-7-13-27(32)29(23)33-30(24)28/h3-17H,1-2H3. The van der Waals surface area contributed by atoms with Crippen molar-refractivity contribution >= 4 is 55.3 Å². The molecule has 0 saturated heterocycles. The van der Waals surface area contributed by atoms with E-state index in [-0.39, 0.29) is 5.41 Å². The van der Waals surface area contributed by atoms with Crippen molar-refractivity contribution < 1.29 is 4.42 Å². The third kappa shape index (κ3) is 2.59. The highest BCUT2D eigenvalue weighted by Gasteiger charge is 2.35. The topological polar surface area (TPSA) is 13.1 Å². The summed E-state index contributed by atoms with van der Waals surface area (Å²) in [6.45, 7) is 4.67. The fourth-order valence-electron chi connectivity index (χ4n) is 5.71. The first-order chi connectivity index (χ1) is 16.0. The molecule has 0 fully saturated rings. The minimum absolute atomic E-state index is 0.0328. The number of furan rings is 1. The molecule has 1 nitrogen and oxygen atoms in total. The minimum atomic E-state index is -0.0328. The van der Waals surface area contributed by atoms with Gasteiger partial charge >= 0.3 is 0 Å². The summed E-state index contributed by atoms with van der Waals surface area (Å²) < 4.78 is 7.74. The molecule has 1 heterocycles. The molecular weight excluding hydrogens is 515 g/mol. The molecule has 0 N–H and O–H groups in total. The highest BCUT2D eigenvalue weighted by molar-refractivity contribution is 14.1. The number of hydrogen-bond donors (Lipinski definition) is 0. The molecule has 1 aliphatic carbocycles. The number of rotatable bonds is 1. The maximum atomic E-state index is 6.60. The molecule has 33 heavy (non-hydrogen) atoms. The van der Waals surface area contributed by atoms with Gasteiger partial charge in [-0.15, -0.1) is 0 Å².